The molecule has 0 saturated carbocycles. The lowest BCUT2D eigenvalue weighted by Gasteiger charge is -2.38. The largest absolute Gasteiger partial charge is 0.396 e. The number of hydrogen-bond acceptors (Lipinski definition) is 3. The summed E-state index contributed by atoms with van der Waals surface area (Å²) in [7, 11) is 0. The Morgan fingerprint density at radius 2 is 1.81 bits per heavy atom. The van der Waals surface area contributed by atoms with E-state index in [-0.39, 0.29) is 17.6 Å². The smallest absolute Gasteiger partial charge is 0.0991 e. The molecule has 0 aliphatic carbocycles. The topological polar surface area (TPSA) is 47.3 Å². The zero-order chi connectivity index (χ0) is 18.6. The van der Waals surface area contributed by atoms with E-state index in [4.69, 9.17) is 5.26 Å². The molecule has 3 nitrogen and oxygen atoms in total. The van der Waals surface area contributed by atoms with Crippen LogP contribution >= 0.6 is 0 Å². The Kier molecular flexibility index (Phi) is 5.46. The van der Waals surface area contributed by atoms with Crippen molar-refractivity contribution in [2.45, 2.75) is 38.6 Å². The normalized spacial score (nSPS) is 20.8. The van der Waals surface area contributed by atoms with Gasteiger partial charge in [0.05, 0.1) is 11.6 Å². The van der Waals surface area contributed by atoms with Gasteiger partial charge in [-0.25, -0.2) is 0 Å². The van der Waals surface area contributed by atoms with Gasteiger partial charge >= 0.3 is 0 Å². The fourth-order valence-electron chi connectivity index (χ4n) is 4.01. The summed E-state index contributed by atoms with van der Waals surface area (Å²) in [5, 5.41) is 19.1. The third kappa shape index (κ3) is 3.82. The molecule has 1 N–H and O–H groups in total. The van der Waals surface area contributed by atoms with Gasteiger partial charge in [0.25, 0.3) is 0 Å². The maximum absolute atomic E-state index is 10.2. The van der Waals surface area contributed by atoms with Gasteiger partial charge in [-0.05, 0) is 62.9 Å². The van der Waals surface area contributed by atoms with Crippen molar-refractivity contribution in [1.29, 1.82) is 5.26 Å². The lowest BCUT2D eigenvalue weighted by atomic mass is 9.81. The molecule has 1 heterocycles. The molecular weight excluding hydrogens is 320 g/mol. The van der Waals surface area contributed by atoms with Gasteiger partial charge in [-0.15, -0.1) is 0 Å². The van der Waals surface area contributed by atoms with Crippen molar-refractivity contribution >= 4 is 0 Å². The van der Waals surface area contributed by atoms with Crippen LogP contribution in [0, 0.1) is 16.7 Å². The summed E-state index contributed by atoms with van der Waals surface area (Å²) in [6.45, 7) is 6.70. The van der Waals surface area contributed by atoms with Gasteiger partial charge in [0.15, 0.2) is 0 Å². The first kappa shape index (κ1) is 18.6. The van der Waals surface area contributed by atoms with Crippen LogP contribution in [0.25, 0.3) is 0 Å². The van der Waals surface area contributed by atoms with Crippen molar-refractivity contribution in [1.82, 2.24) is 4.90 Å². The minimum Gasteiger partial charge on any atom is -0.396 e. The van der Waals surface area contributed by atoms with E-state index in [1.165, 1.54) is 11.1 Å². The number of aryl methyl sites for hydroxylation is 1. The number of aliphatic hydroxyl groups excluding tert-OH is 1. The third-order valence-electron chi connectivity index (χ3n) is 6.07. The molecular formula is C23H28N2O. The second kappa shape index (κ2) is 7.61. The number of aliphatic hydroxyl groups is 1. The molecule has 0 spiro atoms. The van der Waals surface area contributed by atoms with Crippen LogP contribution in [0.5, 0.6) is 0 Å². The summed E-state index contributed by atoms with van der Waals surface area (Å²) in [5.74, 6) is 0. The maximum atomic E-state index is 10.2. The zero-order valence-electron chi connectivity index (χ0n) is 15.8. The molecule has 0 amide bonds. The van der Waals surface area contributed by atoms with E-state index >= 15 is 0 Å². The molecule has 1 fully saturated rings. The van der Waals surface area contributed by atoms with E-state index < -0.39 is 0 Å². The molecule has 3 rings (SSSR count). The molecule has 0 aromatic heterocycles. The summed E-state index contributed by atoms with van der Waals surface area (Å²) in [5.41, 5.74) is 3.17. The number of benzene rings is 2. The van der Waals surface area contributed by atoms with Crippen LogP contribution in [-0.2, 0) is 12.0 Å². The van der Waals surface area contributed by atoms with E-state index in [1.807, 2.05) is 24.3 Å². The average molecular weight is 348 g/mol. The zero-order valence-corrected chi connectivity index (χ0v) is 15.8. The number of nitrogens with zero attached hydrogens (tertiary/aromatic N) is 2. The second-order valence-corrected chi connectivity index (χ2v) is 8.06. The molecule has 1 aliphatic rings. The second-order valence-electron chi connectivity index (χ2n) is 8.06. The van der Waals surface area contributed by atoms with Crippen LogP contribution in [0.15, 0.2) is 54.6 Å². The minimum atomic E-state index is -0.0417. The maximum Gasteiger partial charge on any atom is 0.0991 e. The third-order valence-corrected chi connectivity index (χ3v) is 6.07. The van der Waals surface area contributed by atoms with Crippen molar-refractivity contribution in [3.8, 4) is 6.07 Å². The Labute approximate surface area is 156 Å². The molecule has 1 aliphatic heterocycles. The molecule has 136 valence electrons. The van der Waals surface area contributed by atoms with Gasteiger partial charge in [-0.2, -0.15) is 5.26 Å². The van der Waals surface area contributed by atoms with Gasteiger partial charge in [0.1, 0.15) is 0 Å². The first-order chi connectivity index (χ1) is 12.5. The van der Waals surface area contributed by atoms with Gasteiger partial charge < -0.3 is 5.11 Å². The van der Waals surface area contributed by atoms with Gasteiger partial charge in [0, 0.05) is 24.1 Å². The highest BCUT2D eigenvalue weighted by atomic mass is 16.3. The summed E-state index contributed by atoms with van der Waals surface area (Å²) in [4.78, 5) is 2.51. The Hall–Kier alpha value is -2.15. The molecule has 0 unspecified atom stereocenters. The summed E-state index contributed by atoms with van der Waals surface area (Å²) in [6.07, 6.45) is 2.93. The molecule has 1 saturated heterocycles. The van der Waals surface area contributed by atoms with Crippen LogP contribution in [-0.4, -0.2) is 29.7 Å². The van der Waals surface area contributed by atoms with E-state index in [1.54, 1.807) is 0 Å². The van der Waals surface area contributed by atoms with Crippen LogP contribution in [0.2, 0.25) is 0 Å². The van der Waals surface area contributed by atoms with Crippen LogP contribution < -0.4 is 0 Å². The molecule has 0 bridgehead atoms. The number of nitriles is 1. The lowest BCUT2D eigenvalue weighted by molar-refractivity contribution is 0.0872. The Morgan fingerprint density at radius 3 is 2.42 bits per heavy atom. The van der Waals surface area contributed by atoms with Crippen LogP contribution in [0.4, 0.5) is 0 Å². The highest BCUT2D eigenvalue weighted by molar-refractivity contribution is 5.31. The van der Waals surface area contributed by atoms with Crippen molar-refractivity contribution in [2.24, 2.45) is 5.41 Å². The molecule has 1 atom stereocenters. The SMILES string of the molecule is CC(C)(c1ccccc1)N1CC[C@@](CO)(CCc2ccc(C#N)cc2)C1. The molecule has 26 heavy (non-hydrogen) atoms. The highest BCUT2D eigenvalue weighted by Crippen LogP contribution is 2.41. The van der Waals surface area contributed by atoms with Crippen LogP contribution in [0.3, 0.4) is 0 Å². The molecule has 2 aromatic carbocycles. The monoisotopic (exact) mass is 348 g/mol. The highest BCUT2D eigenvalue weighted by Gasteiger charge is 2.42. The summed E-state index contributed by atoms with van der Waals surface area (Å²) < 4.78 is 0. The fourth-order valence-corrected chi connectivity index (χ4v) is 4.01. The summed E-state index contributed by atoms with van der Waals surface area (Å²) in [6, 6.07) is 20.6. The van der Waals surface area contributed by atoms with E-state index in [0.29, 0.717) is 5.56 Å². The Bertz CT molecular complexity index is 761. The standard InChI is InChI=1S/C23H28N2O/c1-22(2,21-6-4-3-5-7-21)25-15-14-23(17-25,18-26)13-12-19-8-10-20(16-24)11-9-19/h3-11,26H,12-15,17-18H2,1-2H3/t23-/m0/s1. The quantitative estimate of drug-likeness (QED) is 0.854. The number of hydrogen-bond donors (Lipinski definition) is 1. The van der Waals surface area contributed by atoms with Gasteiger partial charge in [-0.3, -0.25) is 4.90 Å². The predicted octanol–water partition coefficient (Wildman–Crippen LogP) is 4.11. The predicted molar refractivity (Wildman–Crippen MR) is 105 cm³/mol. The Balaban J connectivity index is 1.68. The van der Waals surface area contributed by atoms with Gasteiger partial charge in [0.2, 0.25) is 0 Å². The lowest BCUT2D eigenvalue weighted by Crippen LogP contribution is -2.42. The number of likely N-dealkylation sites (tertiary alicyclic amines) is 1. The van der Waals surface area contributed by atoms with E-state index in [9.17, 15) is 5.11 Å². The van der Waals surface area contributed by atoms with Gasteiger partial charge in [-0.1, -0.05) is 42.5 Å². The fraction of sp³-hybridized carbons (Fsp3) is 0.435. The van der Waals surface area contributed by atoms with Crippen molar-refractivity contribution < 1.29 is 5.11 Å². The van der Waals surface area contributed by atoms with Crippen molar-refractivity contribution in [3.63, 3.8) is 0 Å². The van der Waals surface area contributed by atoms with Crippen molar-refractivity contribution in [3.05, 3.63) is 71.3 Å². The summed E-state index contributed by atoms with van der Waals surface area (Å²) >= 11 is 0. The molecule has 2 aromatic rings. The first-order valence-corrected chi connectivity index (χ1v) is 9.40. The van der Waals surface area contributed by atoms with E-state index in [2.05, 4.69) is 55.1 Å². The molecule has 3 heteroatoms. The average Bonchev–Trinajstić information content (AvgIpc) is 3.13. The first-order valence-electron chi connectivity index (χ1n) is 9.40. The molecule has 0 radical (unpaired) electrons. The van der Waals surface area contributed by atoms with Crippen molar-refractivity contribution in [2.75, 3.05) is 19.7 Å². The van der Waals surface area contributed by atoms with E-state index in [0.717, 1.165) is 32.4 Å². The minimum absolute atomic E-state index is 0.0351. The number of rotatable bonds is 6. The Morgan fingerprint density at radius 1 is 1.12 bits per heavy atom. The van der Waals surface area contributed by atoms with Crippen LogP contribution in [0.1, 0.15) is 43.4 Å².